The van der Waals surface area contributed by atoms with Crippen molar-refractivity contribution in [1.29, 1.82) is 0 Å². The lowest BCUT2D eigenvalue weighted by atomic mass is 10.0. The number of furan rings is 1. The fourth-order valence-electron chi connectivity index (χ4n) is 1.96. The molecule has 0 aliphatic rings. The first-order chi connectivity index (χ1) is 9.65. The predicted molar refractivity (Wildman–Crippen MR) is 74.9 cm³/mol. The van der Waals surface area contributed by atoms with Gasteiger partial charge in [-0.25, -0.2) is 4.39 Å². The number of hydrogen-bond acceptors (Lipinski definition) is 2. The summed E-state index contributed by atoms with van der Waals surface area (Å²) in [5.41, 5.74) is 1.01. The van der Waals surface area contributed by atoms with E-state index in [2.05, 4.69) is 5.32 Å². The first kappa shape index (κ1) is 14.3. The Labute approximate surface area is 117 Å². The highest BCUT2D eigenvalue weighted by Gasteiger charge is 2.08. The molecule has 0 saturated carbocycles. The van der Waals surface area contributed by atoms with Crippen LogP contribution in [-0.2, 0) is 11.2 Å². The summed E-state index contributed by atoms with van der Waals surface area (Å²) >= 11 is 0. The van der Waals surface area contributed by atoms with Gasteiger partial charge < -0.3 is 9.73 Å². The smallest absolute Gasteiger partial charge is 0.220 e. The maximum atomic E-state index is 12.8. The summed E-state index contributed by atoms with van der Waals surface area (Å²) in [6.07, 6.45) is 2.61. The van der Waals surface area contributed by atoms with Crippen molar-refractivity contribution in [3.63, 3.8) is 0 Å². The second-order valence-electron chi connectivity index (χ2n) is 4.84. The van der Waals surface area contributed by atoms with E-state index in [0.29, 0.717) is 19.4 Å². The van der Waals surface area contributed by atoms with Crippen LogP contribution in [0.4, 0.5) is 4.39 Å². The number of carbonyl (C=O) groups is 1. The van der Waals surface area contributed by atoms with Crippen LogP contribution in [0, 0.1) is 5.82 Å². The first-order valence-electron chi connectivity index (χ1n) is 6.69. The molecular formula is C16H18FNO2. The van der Waals surface area contributed by atoms with E-state index < -0.39 is 0 Å². The lowest BCUT2D eigenvalue weighted by Gasteiger charge is -2.13. The number of rotatable bonds is 6. The fourth-order valence-corrected chi connectivity index (χ4v) is 1.96. The zero-order valence-corrected chi connectivity index (χ0v) is 11.4. The molecule has 0 aliphatic carbocycles. The van der Waals surface area contributed by atoms with Gasteiger partial charge in [-0.1, -0.05) is 19.1 Å². The number of aryl methyl sites for hydroxylation is 1. The molecule has 1 heterocycles. The Hall–Kier alpha value is -2.10. The lowest BCUT2D eigenvalue weighted by molar-refractivity contribution is -0.121. The molecule has 3 nitrogen and oxygen atoms in total. The van der Waals surface area contributed by atoms with E-state index in [9.17, 15) is 9.18 Å². The van der Waals surface area contributed by atoms with E-state index in [1.165, 1.54) is 12.1 Å². The van der Waals surface area contributed by atoms with Gasteiger partial charge in [-0.05, 0) is 35.7 Å². The summed E-state index contributed by atoms with van der Waals surface area (Å²) in [5.74, 6) is 0.716. The number of halogens is 1. The second-order valence-corrected chi connectivity index (χ2v) is 4.84. The van der Waals surface area contributed by atoms with Crippen molar-refractivity contribution in [2.24, 2.45) is 0 Å². The van der Waals surface area contributed by atoms with Crippen LogP contribution in [0.25, 0.3) is 0 Å². The molecule has 1 amide bonds. The topological polar surface area (TPSA) is 42.2 Å². The molecule has 1 aromatic carbocycles. The summed E-state index contributed by atoms with van der Waals surface area (Å²) in [7, 11) is 0. The minimum absolute atomic E-state index is 0.00429. The van der Waals surface area contributed by atoms with Crippen molar-refractivity contribution in [3.8, 4) is 0 Å². The highest BCUT2D eigenvalue weighted by Crippen LogP contribution is 2.14. The van der Waals surface area contributed by atoms with Gasteiger partial charge in [0.1, 0.15) is 11.6 Å². The Morgan fingerprint density at radius 2 is 2.05 bits per heavy atom. The van der Waals surface area contributed by atoms with Crippen LogP contribution in [-0.4, -0.2) is 12.5 Å². The fraction of sp³-hybridized carbons (Fsp3) is 0.312. The van der Waals surface area contributed by atoms with Crippen LogP contribution < -0.4 is 5.32 Å². The van der Waals surface area contributed by atoms with Gasteiger partial charge in [0, 0.05) is 19.4 Å². The zero-order valence-electron chi connectivity index (χ0n) is 11.4. The van der Waals surface area contributed by atoms with Gasteiger partial charge in [0.2, 0.25) is 5.91 Å². The van der Waals surface area contributed by atoms with E-state index in [-0.39, 0.29) is 17.6 Å². The molecule has 4 heteroatoms. The van der Waals surface area contributed by atoms with E-state index in [4.69, 9.17) is 4.42 Å². The quantitative estimate of drug-likeness (QED) is 0.879. The third-order valence-electron chi connectivity index (χ3n) is 3.22. The maximum Gasteiger partial charge on any atom is 0.220 e. The van der Waals surface area contributed by atoms with Crippen molar-refractivity contribution < 1.29 is 13.6 Å². The minimum Gasteiger partial charge on any atom is -0.469 e. The van der Waals surface area contributed by atoms with Crippen molar-refractivity contribution in [3.05, 3.63) is 59.8 Å². The first-order valence-corrected chi connectivity index (χ1v) is 6.69. The highest BCUT2D eigenvalue weighted by molar-refractivity contribution is 5.76. The third kappa shape index (κ3) is 4.23. The molecule has 0 fully saturated rings. The number of carbonyl (C=O) groups excluding carboxylic acids is 1. The molecular weight excluding hydrogens is 257 g/mol. The van der Waals surface area contributed by atoms with Crippen molar-refractivity contribution in [2.75, 3.05) is 6.54 Å². The Balaban J connectivity index is 1.73. The number of nitrogens with one attached hydrogen (secondary N) is 1. The highest BCUT2D eigenvalue weighted by atomic mass is 19.1. The Morgan fingerprint density at radius 1 is 1.30 bits per heavy atom. The van der Waals surface area contributed by atoms with Crippen LogP contribution in [0.15, 0.2) is 47.1 Å². The monoisotopic (exact) mass is 275 g/mol. The van der Waals surface area contributed by atoms with Crippen molar-refractivity contribution >= 4 is 5.91 Å². The van der Waals surface area contributed by atoms with Gasteiger partial charge in [0.05, 0.1) is 6.26 Å². The lowest BCUT2D eigenvalue weighted by Crippen LogP contribution is -2.27. The molecule has 2 rings (SSSR count). The maximum absolute atomic E-state index is 12.8. The summed E-state index contributed by atoms with van der Waals surface area (Å²) in [5, 5.41) is 2.88. The van der Waals surface area contributed by atoms with Gasteiger partial charge >= 0.3 is 0 Å². The van der Waals surface area contributed by atoms with Crippen LogP contribution >= 0.6 is 0 Å². The van der Waals surface area contributed by atoms with E-state index in [1.54, 1.807) is 18.4 Å². The number of benzene rings is 1. The largest absolute Gasteiger partial charge is 0.469 e. The van der Waals surface area contributed by atoms with Gasteiger partial charge in [-0.2, -0.15) is 0 Å². The molecule has 0 radical (unpaired) electrons. The molecule has 2 aromatic rings. The number of hydrogen-bond donors (Lipinski definition) is 1. The van der Waals surface area contributed by atoms with E-state index in [0.717, 1.165) is 11.3 Å². The molecule has 106 valence electrons. The van der Waals surface area contributed by atoms with Crippen LogP contribution in [0.5, 0.6) is 0 Å². The molecule has 20 heavy (non-hydrogen) atoms. The molecule has 1 N–H and O–H groups in total. The van der Waals surface area contributed by atoms with Crippen LogP contribution in [0.2, 0.25) is 0 Å². The molecule has 1 atom stereocenters. The molecule has 1 aromatic heterocycles. The van der Waals surface area contributed by atoms with Crippen molar-refractivity contribution in [1.82, 2.24) is 5.32 Å². The molecule has 1 unspecified atom stereocenters. The van der Waals surface area contributed by atoms with E-state index >= 15 is 0 Å². The van der Waals surface area contributed by atoms with E-state index in [1.807, 2.05) is 19.1 Å². The Kier molecular flexibility index (Phi) is 4.93. The Bertz CT molecular complexity index is 534. The SMILES string of the molecule is CC(CNC(=O)CCc1ccco1)c1ccc(F)cc1. The van der Waals surface area contributed by atoms with Crippen LogP contribution in [0.1, 0.15) is 30.6 Å². The van der Waals surface area contributed by atoms with Gasteiger partial charge in [-0.3, -0.25) is 4.79 Å². The number of amides is 1. The summed E-state index contributed by atoms with van der Waals surface area (Å²) in [6, 6.07) is 10.0. The third-order valence-corrected chi connectivity index (χ3v) is 3.22. The summed E-state index contributed by atoms with van der Waals surface area (Å²) < 4.78 is 18.0. The summed E-state index contributed by atoms with van der Waals surface area (Å²) in [6.45, 7) is 2.54. The van der Waals surface area contributed by atoms with Crippen LogP contribution in [0.3, 0.4) is 0 Å². The zero-order chi connectivity index (χ0) is 14.4. The Morgan fingerprint density at radius 3 is 2.70 bits per heavy atom. The predicted octanol–water partition coefficient (Wildman–Crippen LogP) is 3.27. The molecule has 0 spiro atoms. The van der Waals surface area contributed by atoms with Gasteiger partial charge in [-0.15, -0.1) is 0 Å². The average molecular weight is 275 g/mol. The van der Waals surface area contributed by atoms with Gasteiger partial charge in [0.25, 0.3) is 0 Å². The normalized spacial score (nSPS) is 12.1. The molecule has 0 bridgehead atoms. The average Bonchev–Trinajstić information content (AvgIpc) is 2.96. The second kappa shape index (κ2) is 6.89. The molecule has 0 saturated heterocycles. The standard InChI is InChI=1S/C16H18FNO2/c1-12(13-4-6-14(17)7-5-13)11-18-16(19)9-8-15-3-2-10-20-15/h2-7,10,12H,8-9,11H2,1H3,(H,18,19). The summed E-state index contributed by atoms with van der Waals surface area (Å²) in [4.78, 5) is 11.7. The molecule has 0 aliphatic heterocycles. The minimum atomic E-state index is -0.247. The van der Waals surface area contributed by atoms with Crippen molar-refractivity contribution in [2.45, 2.75) is 25.7 Å². The van der Waals surface area contributed by atoms with Gasteiger partial charge in [0.15, 0.2) is 0 Å².